The molecule has 0 unspecified atom stereocenters. The first kappa shape index (κ1) is 12.0. The Morgan fingerprint density at radius 3 is 2.40 bits per heavy atom. The van der Waals surface area contributed by atoms with Gasteiger partial charge in [0.05, 0.1) is 0 Å². The molecule has 0 nitrogen and oxygen atoms in total. The number of thiophene rings is 1. The minimum atomic E-state index is 1.11. The second-order valence-electron chi connectivity index (χ2n) is 3.38. The smallest absolute Gasteiger partial charge is 0.0348 e. The molecule has 0 amide bonds. The van der Waals surface area contributed by atoms with E-state index < -0.39 is 0 Å². The molecule has 0 fully saturated rings. The van der Waals surface area contributed by atoms with Crippen LogP contribution < -0.4 is 0 Å². The molecule has 1 aromatic heterocycles. The minimum absolute atomic E-state index is 1.11. The third-order valence-corrected chi connectivity index (χ3v) is 3.52. The Balaban J connectivity index is 3.31. The number of rotatable bonds is 5. The van der Waals surface area contributed by atoms with Crippen molar-refractivity contribution in [3.8, 4) is 0 Å². The van der Waals surface area contributed by atoms with Crippen LogP contribution in [0.5, 0.6) is 0 Å². The fourth-order valence-electron chi connectivity index (χ4n) is 1.69. The monoisotopic (exact) mass is 218 g/mol. The van der Waals surface area contributed by atoms with Crippen molar-refractivity contribution in [2.24, 2.45) is 0 Å². The van der Waals surface area contributed by atoms with Crippen molar-refractivity contribution < 1.29 is 0 Å². The summed E-state index contributed by atoms with van der Waals surface area (Å²) in [5.74, 6) is 0. The molecule has 1 rings (SSSR count). The first-order valence-corrected chi connectivity index (χ1v) is 6.13. The maximum atomic E-state index is 3.90. The predicted molar refractivity (Wildman–Crippen MR) is 73.2 cm³/mol. The topological polar surface area (TPSA) is 0 Å². The first-order valence-electron chi connectivity index (χ1n) is 5.31. The van der Waals surface area contributed by atoms with E-state index in [1.807, 2.05) is 19.1 Å². The molecule has 0 atom stereocenters. The molecule has 0 saturated heterocycles. The molecule has 1 aromatic rings. The van der Waals surface area contributed by atoms with Gasteiger partial charge in [0.1, 0.15) is 0 Å². The lowest BCUT2D eigenvalue weighted by atomic mass is 10.0. The van der Waals surface area contributed by atoms with Crippen LogP contribution in [0.3, 0.4) is 0 Å². The molecule has 0 aliphatic heterocycles. The predicted octanol–water partition coefficient (Wildman–Crippen LogP) is 5.02. The van der Waals surface area contributed by atoms with E-state index in [9.17, 15) is 0 Å². The van der Waals surface area contributed by atoms with Crippen LogP contribution in [0.1, 0.15) is 41.1 Å². The first-order chi connectivity index (χ1) is 7.28. The van der Waals surface area contributed by atoms with Gasteiger partial charge in [-0.2, -0.15) is 0 Å². The van der Waals surface area contributed by atoms with Gasteiger partial charge in [0, 0.05) is 9.75 Å². The Morgan fingerprint density at radius 1 is 1.20 bits per heavy atom. The van der Waals surface area contributed by atoms with Crippen LogP contribution in [-0.4, -0.2) is 0 Å². The Morgan fingerprint density at radius 2 is 1.93 bits per heavy atom. The van der Waals surface area contributed by atoms with E-state index in [0.29, 0.717) is 0 Å². The van der Waals surface area contributed by atoms with Crippen LogP contribution in [0.25, 0.3) is 18.2 Å². The van der Waals surface area contributed by atoms with Gasteiger partial charge >= 0.3 is 0 Å². The quantitative estimate of drug-likeness (QED) is 0.651. The van der Waals surface area contributed by atoms with E-state index >= 15 is 0 Å². The van der Waals surface area contributed by atoms with Gasteiger partial charge in [-0.3, -0.25) is 0 Å². The maximum absolute atomic E-state index is 3.90. The molecular formula is C14H18S. The van der Waals surface area contributed by atoms with Crippen molar-refractivity contribution in [2.45, 2.75) is 26.7 Å². The Labute approximate surface area is 96.7 Å². The summed E-state index contributed by atoms with van der Waals surface area (Å²) in [6, 6.07) is 0. The highest BCUT2D eigenvalue weighted by Crippen LogP contribution is 2.32. The SMILES string of the molecule is C=Cc1sc(/C=C\C)c(C=C)c1CCC. The van der Waals surface area contributed by atoms with Gasteiger partial charge in [0.15, 0.2) is 0 Å². The van der Waals surface area contributed by atoms with E-state index in [2.05, 4.69) is 32.2 Å². The highest BCUT2D eigenvalue weighted by atomic mass is 32.1. The fourth-order valence-corrected chi connectivity index (χ4v) is 2.86. The fraction of sp³-hybridized carbons (Fsp3) is 0.286. The van der Waals surface area contributed by atoms with Gasteiger partial charge in [-0.1, -0.05) is 44.7 Å². The zero-order valence-corrected chi connectivity index (χ0v) is 10.4. The van der Waals surface area contributed by atoms with Crippen LogP contribution in [0.4, 0.5) is 0 Å². The van der Waals surface area contributed by atoms with Gasteiger partial charge in [0.2, 0.25) is 0 Å². The van der Waals surface area contributed by atoms with Crippen LogP contribution in [0.2, 0.25) is 0 Å². The number of hydrogen-bond donors (Lipinski definition) is 0. The molecule has 0 saturated carbocycles. The summed E-state index contributed by atoms with van der Waals surface area (Å²) < 4.78 is 0. The molecule has 0 bridgehead atoms. The lowest BCUT2D eigenvalue weighted by Crippen LogP contribution is -1.86. The Kier molecular flexibility index (Phi) is 4.57. The summed E-state index contributed by atoms with van der Waals surface area (Å²) in [5.41, 5.74) is 2.69. The molecule has 1 heteroatoms. The zero-order valence-electron chi connectivity index (χ0n) is 9.55. The van der Waals surface area contributed by atoms with Crippen molar-refractivity contribution in [3.63, 3.8) is 0 Å². The largest absolute Gasteiger partial charge is 0.136 e. The molecular weight excluding hydrogens is 200 g/mol. The molecule has 0 aromatic carbocycles. The lowest BCUT2D eigenvalue weighted by Gasteiger charge is -2.00. The molecule has 0 aliphatic carbocycles. The number of hydrogen-bond acceptors (Lipinski definition) is 1. The lowest BCUT2D eigenvalue weighted by molar-refractivity contribution is 0.922. The van der Waals surface area contributed by atoms with Gasteiger partial charge in [-0.15, -0.1) is 11.3 Å². The molecule has 15 heavy (non-hydrogen) atoms. The van der Waals surface area contributed by atoms with Crippen LogP contribution in [0, 0.1) is 0 Å². The van der Waals surface area contributed by atoms with Crippen LogP contribution >= 0.6 is 11.3 Å². The zero-order chi connectivity index (χ0) is 11.3. The highest BCUT2D eigenvalue weighted by molar-refractivity contribution is 7.14. The Hall–Kier alpha value is -1.08. The minimum Gasteiger partial charge on any atom is -0.136 e. The average Bonchev–Trinajstić information content (AvgIpc) is 2.57. The summed E-state index contributed by atoms with van der Waals surface area (Å²) in [7, 11) is 0. The van der Waals surface area contributed by atoms with Crippen LogP contribution in [0.15, 0.2) is 19.2 Å². The molecule has 0 aliphatic rings. The standard InChI is InChI=1S/C14H18S/c1-5-9-12-11(7-3)14(10-6-2)15-13(12)8-4/h6-8,10H,3-5,9H2,1-2H3/b10-6-. The normalized spacial score (nSPS) is 10.8. The summed E-state index contributed by atoms with van der Waals surface area (Å²) >= 11 is 1.80. The van der Waals surface area contributed by atoms with E-state index in [1.165, 1.54) is 20.9 Å². The summed E-state index contributed by atoms with van der Waals surface area (Å²) in [5, 5.41) is 0. The van der Waals surface area contributed by atoms with Crippen molar-refractivity contribution in [2.75, 3.05) is 0 Å². The van der Waals surface area contributed by atoms with Gasteiger partial charge in [0.25, 0.3) is 0 Å². The van der Waals surface area contributed by atoms with Crippen LogP contribution in [-0.2, 0) is 6.42 Å². The third-order valence-electron chi connectivity index (χ3n) is 2.32. The van der Waals surface area contributed by atoms with Gasteiger partial charge in [-0.05, 0) is 30.5 Å². The third kappa shape index (κ3) is 2.48. The van der Waals surface area contributed by atoms with Crippen molar-refractivity contribution >= 4 is 29.6 Å². The average molecular weight is 218 g/mol. The van der Waals surface area contributed by atoms with E-state index in [1.54, 1.807) is 11.3 Å². The molecule has 0 spiro atoms. The van der Waals surface area contributed by atoms with Gasteiger partial charge in [-0.25, -0.2) is 0 Å². The van der Waals surface area contributed by atoms with Crippen molar-refractivity contribution in [1.29, 1.82) is 0 Å². The van der Waals surface area contributed by atoms with E-state index in [0.717, 1.165) is 12.8 Å². The highest BCUT2D eigenvalue weighted by Gasteiger charge is 2.11. The van der Waals surface area contributed by atoms with Crippen molar-refractivity contribution in [1.82, 2.24) is 0 Å². The summed E-state index contributed by atoms with van der Waals surface area (Å²) in [4.78, 5) is 2.59. The second kappa shape index (κ2) is 5.72. The molecule has 80 valence electrons. The van der Waals surface area contributed by atoms with Crippen molar-refractivity contribution in [3.05, 3.63) is 40.1 Å². The molecule has 0 radical (unpaired) electrons. The van der Waals surface area contributed by atoms with E-state index in [-0.39, 0.29) is 0 Å². The summed E-state index contributed by atoms with van der Waals surface area (Å²) in [6.07, 6.45) is 10.4. The number of allylic oxidation sites excluding steroid dienone is 1. The maximum Gasteiger partial charge on any atom is 0.0348 e. The summed E-state index contributed by atoms with van der Waals surface area (Å²) in [6.45, 7) is 12.0. The van der Waals surface area contributed by atoms with Gasteiger partial charge < -0.3 is 0 Å². The van der Waals surface area contributed by atoms with E-state index in [4.69, 9.17) is 0 Å². The molecule has 1 heterocycles. The second-order valence-corrected chi connectivity index (χ2v) is 4.46. The molecule has 0 N–H and O–H groups in total. The Bertz CT molecular complexity index is 380.